The second-order valence-corrected chi connectivity index (χ2v) is 7.15. The Morgan fingerprint density at radius 3 is 2.48 bits per heavy atom. The van der Waals surface area contributed by atoms with E-state index in [1.54, 1.807) is 11.1 Å². The number of carbonyl (C=O) groups is 2. The van der Waals surface area contributed by atoms with Gasteiger partial charge in [-0.05, 0) is 63.8 Å². The zero-order chi connectivity index (χ0) is 19.6. The zero-order valence-electron chi connectivity index (χ0n) is 16.4. The molecule has 0 unspecified atom stereocenters. The maximum Gasteiger partial charge on any atom is 0.329 e. The summed E-state index contributed by atoms with van der Waals surface area (Å²) in [5.41, 5.74) is 8.90. The number of carbonyl (C=O) groups excluding carboxylic acids is 2. The predicted molar refractivity (Wildman–Crippen MR) is 106 cm³/mol. The number of aromatic nitrogens is 1. The number of nitrogens with one attached hydrogen (secondary N) is 1. The van der Waals surface area contributed by atoms with Crippen molar-refractivity contribution >= 4 is 18.0 Å². The molecule has 1 fully saturated rings. The lowest BCUT2D eigenvalue weighted by Crippen LogP contribution is -2.39. The van der Waals surface area contributed by atoms with Crippen molar-refractivity contribution in [2.75, 3.05) is 13.1 Å². The third kappa shape index (κ3) is 3.94. The van der Waals surface area contributed by atoms with Gasteiger partial charge in [-0.3, -0.25) is 9.59 Å². The topological polar surface area (TPSA) is 66.7 Å². The first-order valence-corrected chi connectivity index (χ1v) is 9.27. The lowest BCUT2D eigenvalue weighted by Gasteiger charge is -2.13. The van der Waals surface area contributed by atoms with Crippen LogP contribution < -0.4 is 5.43 Å². The Kier molecular flexibility index (Phi) is 5.44. The molecule has 1 aromatic carbocycles. The number of benzene rings is 1. The average Bonchev–Trinajstić information content (AvgIpc) is 3.26. The van der Waals surface area contributed by atoms with Crippen LogP contribution in [0, 0.1) is 27.7 Å². The van der Waals surface area contributed by atoms with Crippen LogP contribution in [-0.2, 0) is 9.59 Å². The van der Waals surface area contributed by atoms with Crippen molar-refractivity contribution in [1.29, 1.82) is 0 Å². The van der Waals surface area contributed by atoms with Crippen molar-refractivity contribution in [3.05, 3.63) is 52.3 Å². The molecule has 0 spiro atoms. The molecule has 1 aliphatic rings. The minimum absolute atomic E-state index is 0.509. The molecular formula is C21H26N4O2. The van der Waals surface area contributed by atoms with Gasteiger partial charge in [0.2, 0.25) is 0 Å². The molecule has 27 heavy (non-hydrogen) atoms. The molecule has 1 N–H and O–H groups in total. The molecule has 1 aliphatic heterocycles. The second kappa shape index (κ2) is 7.78. The van der Waals surface area contributed by atoms with E-state index >= 15 is 0 Å². The van der Waals surface area contributed by atoms with Crippen LogP contribution in [-0.4, -0.2) is 40.6 Å². The SMILES string of the molecule is Cc1ccc(C)c(-n2c(C)cc(/C=N/NC(=O)C(=O)N3CCCC3)c2C)c1. The van der Waals surface area contributed by atoms with E-state index in [1.165, 1.54) is 11.1 Å². The first kappa shape index (κ1) is 18.9. The quantitative estimate of drug-likeness (QED) is 0.516. The van der Waals surface area contributed by atoms with Crippen LogP contribution in [0.2, 0.25) is 0 Å². The van der Waals surface area contributed by atoms with Gasteiger partial charge < -0.3 is 9.47 Å². The maximum absolute atomic E-state index is 12.0. The Hall–Kier alpha value is -2.89. The molecule has 142 valence electrons. The number of amides is 2. The van der Waals surface area contributed by atoms with Gasteiger partial charge in [0.15, 0.2) is 0 Å². The number of rotatable bonds is 3. The molecule has 2 heterocycles. The van der Waals surface area contributed by atoms with E-state index in [1.807, 2.05) is 19.9 Å². The number of aryl methyl sites for hydroxylation is 3. The van der Waals surface area contributed by atoms with Crippen molar-refractivity contribution < 1.29 is 9.59 Å². The van der Waals surface area contributed by atoms with Gasteiger partial charge in [0.25, 0.3) is 0 Å². The van der Waals surface area contributed by atoms with Crippen molar-refractivity contribution in [2.45, 2.75) is 40.5 Å². The summed E-state index contributed by atoms with van der Waals surface area (Å²) in [7, 11) is 0. The summed E-state index contributed by atoms with van der Waals surface area (Å²) in [6, 6.07) is 8.39. The van der Waals surface area contributed by atoms with E-state index in [4.69, 9.17) is 0 Å². The highest BCUT2D eigenvalue weighted by atomic mass is 16.2. The molecule has 6 nitrogen and oxygen atoms in total. The fourth-order valence-corrected chi connectivity index (χ4v) is 3.52. The highest BCUT2D eigenvalue weighted by molar-refractivity contribution is 6.35. The van der Waals surface area contributed by atoms with Crippen molar-refractivity contribution in [2.24, 2.45) is 5.10 Å². The van der Waals surface area contributed by atoms with Gasteiger partial charge in [0.05, 0.1) is 6.21 Å². The van der Waals surface area contributed by atoms with E-state index in [9.17, 15) is 9.59 Å². The van der Waals surface area contributed by atoms with Crippen LogP contribution >= 0.6 is 0 Å². The Balaban J connectivity index is 1.76. The predicted octanol–water partition coefficient (Wildman–Crippen LogP) is 2.78. The molecule has 0 saturated carbocycles. The number of hydrogen-bond acceptors (Lipinski definition) is 3. The molecule has 6 heteroatoms. The van der Waals surface area contributed by atoms with Gasteiger partial charge in [-0.2, -0.15) is 5.10 Å². The highest BCUT2D eigenvalue weighted by Crippen LogP contribution is 2.23. The van der Waals surface area contributed by atoms with E-state index in [0.717, 1.165) is 35.5 Å². The minimum Gasteiger partial charge on any atom is -0.334 e. The third-order valence-corrected chi connectivity index (χ3v) is 5.03. The van der Waals surface area contributed by atoms with Crippen LogP contribution in [0.25, 0.3) is 5.69 Å². The monoisotopic (exact) mass is 366 g/mol. The Bertz CT molecular complexity index is 905. The number of hydrogen-bond donors (Lipinski definition) is 1. The first-order valence-electron chi connectivity index (χ1n) is 9.27. The van der Waals surface area contributed by atoms with E-state index in [0.29, 0.717) is 13.1 Å². The Morgan fingerprint density at radius 2 is 1.78 bits per heavy atom. The van der Waals surface area contributed by atoms with E-state index in [2.05, 4.69) is 47.1 Å². The summed E-state index contributed by atoms with van der Waals surface area (Å²) in [6.07, 6.45) is 3.50. The molecule has 2 aromatic rings. The summed E-state index contributed by atoms with van der Waals surface area (Å²) < 4.78 is 2.18. The summed E-state index contributed by atoms with van der Waals surface area (Å²) in [5.74, 6) is -1.19. The van der Waals surface area contributed by atoms with Crippen LogP contribution in [0.5, 0.6) is 0 Å². The largest absolute Gasteiger partial charge is 0.334 e. The van der Waals surface area contributed by atoms with Gasteiger partial charge in [-0.25, -0.2) is 5.43 Å². The molecule has 2 amide bonds. The molecule has 1 aromatic heterocycles. The highest BCUT2D eigenvalue weighted by Gasteiger charge is 2.24. The minimum atomic E-state index is -0.684. The van der Waals surface area contributed by atoms with E-state index < -0.39 is 11.8 Å². The summed E-state index contributed by atoms with van der Waals surface area (Å²) in [5, 5.41) is 4.00. The van der Waals surface area contributed by atoms with Crippen LogP contribution in [0.4, 0.5) is 0 Å². The molecule has 0 aliphatic carbocycles. The molecule has 1 saturated heterocycles. The second-order valence-electron chi connectivity index (χ2n) is 7.15. The Morgan fingerprint density at radius 1 is 1.07 bits per heavy atom. The fourth-order valence-electron chi connectivity index (χ4n) is 3.52. The number of likely N-dealkylation sites (tertiary alicyclic amines) is 1. The zero-order valence-corrected chi connectivity index (χ0v) is 16.4. The smallest absolute Gasteiger partial charge is 0.329 e. The molecule has 0 radical (unpaired) electrons. The molecule has 0 atom stereocenters. The normalized spacial score (nSPS) is 14.1. The molecule has 3 rings (SSSR count). The van der Waals surface area contributed by atoms with Crippen molar-refractivity contribution in [3.63, 3.8) is 0 Å². The van der Waals surface area contributed by atoms with Crippen LogP contribution in [0.1, 0.15) is 40.9 Å². The van der Waals surface area contributed by atoms with Crippen LogP contribution in [0.15, 0.2) is 29.4 Å². The third-order valence-electron chi connectivity index (χ3n) is 5.03. The fraction of sp³-hybridized carbons (Fsp3) is 0.381. The van der Waals surface area contributed by atoms with Crippen LogP contribution in [0.3, 0.4) is 0 Å². The van der Waals surface area contributed by atoms with Gasteiger partial charge in [-0.15, -0.1) is 0 Å². The number of hydrazone groups is 1. The van der Waals surface area contributed by atoms with Gasteiger partial charge in [0, 0.05) is 35.7 Å². The first-order chi connectivity index (χ1) is 12.9. The summed E-state index contributed by atoms with van der Waals surface area (Å²) in [4.78, 5) is 25.5. The summed E-state index contributed by atoms with van der Waals surface area (Å²) in [6.45, 7) is 9.52. The Labute approximate surface area is 159 Å². The van der Waals surface area contributed by atoms with Gasteiger partial charge in [-0.1, -0.05) is 12.1 Å². The standard InChI is InChI=1S/C21H26N4O2/c1-14-7-8-15(2)19(11-14)25-16(3)12-18(17(25)4)13-22-23-20(26)21(27)24-9-5-6-10-24/h7-8,11-13H,5-6,9-10H2,1-4H3,(H,23,26)/b22-13+. The van der Waals surface area contributed by atoms with E-state index in [-0.39, 0.29) is 0 Å². The molecule has 0 bridgehead atoms. The van der Waals surface area contributed by atoms with Gasteiger partial charge in [0.1, 0.15) is 0 Å². The van der Waals surface area contributed by atoms with Crippen molar-refractivity contribution in [1.82, 2.24) is 14.9 Å². The number of nitrogens with zero attached hydrogens (tertiary/aromatic N) is 3. The lowest BCUT2D eigenvalue weighted by atomic mass is 10.1. The molecular weight excluding hydrogens is 340 g/mol. The average molecular weight is 366 g/mol. The maximum atomic E-state index is 12.0. The lowest BCUT2D eigenvalue weighted by molar-refractivity contribution is -0.145. The summed E-state index contributed by atoms with van der Waals surface area (Å²) >= 11 is 0. The van der Waals surface area contributed by atoms with Gasteiger partial charge >= 0.3 is 11.8 Å². The van der Waals surface area contributed by atoms with Crippen molar-refractivity contribution in [3.8, 4) is 5.69 Å².